The Morgan fingerprint density at radius 1 is 1.25 bits per heavy atom. The minimum absolute atomic E-state index is 0.280. The van der Waals surface area contributed by atoms with Crippen molar-refractivity contribution in [1.29, 1.82) is 0 Å². The van der Waals surface area contributed by atoms with Crippen molar-refractivity contribution in [3.8, 4) is 0 Å². The van der Waals surface area contributed by atoms with E-state index in [2.05, 4.69) is 10.2 Å². The van der Waals surface area contributed by atoms with Crippen LogP contribution in [-0.4, -0.2) is 28.7 Å². The first-order valence-corrected chi connectivity index (χ1v) is 8.92. The second-order valence-corrected chi connectivity index (χ2v) is 6.51. The van der Waals surface area contributed by atoms with Crippen LogP contribution in [0.15, 0.2) is 48.5 Å². The molecule has 3 aromatic rings. The zero-order chi connectivity index (χ0) is 19.8. The molecule has 0 bridgehead atoms. The van der Waals surface area contributed by atoms with E-state index in [1.165, 1.54) is 12.1 Å². The maximum atomic E-state index is 13.9. The quantitative estimate of drug-likeness (QED) is 0.700. The van der Waals surface area contributed by atoms with Crippen molar-refractivity contribution in [2.45, 2.75) is 19.9 Å². The summed E-state index contributed by atoms with van der Waals surface area (Å²) in [7, 11) is 0. The van der Waals surface area contributed by atoms with Crippen molar-refractivity contribution in [2.75, 3.05) is 11.5 Å². The Morgan fingerprint density at radius 3 is 2.68 bits per heavy atom. The molecule has 1 aliphatic heterocycles. The minimum Gasteiger partial charge on any atom is -0.462 e. The van der Waals surface area contributed by atoms with E-state index in [1.54, 1.807) is 48.2 Å². The number of nitrogens with one attached hydrogen (secondary N) is 1. The molecule has 2 aromatic carbocycles. The SMILES string of the molecule is CCOC(=O)c1ccc(N2C(=O)c3n[nH]c(C)c3[C@H]2c2cccc(F)c2)cc1. The van der Waals surface area contributed by atoms with Gasteiger partial charge in [0.25, 0.3) is 5.91 Å². The van der Waals surface area contributed by atoms with E-state index in [1.807, 2.05) is 6.92 Å². The van der Waals surface area contributed by atoms with Gasteiger partial charge >= 0.3 is 5.97 Å². The number of H-pyrrole nitrogens is 1. The number of aromatic amines is 1. The van der Waals surface area contributed by atoms with E-state index in [0.717, 1.165) is 11.3 Å². The van der Waals surface area contributed by atoms with Crippen LogP contribution in [0.25, 0.3) is 0 Å². The average Bonchev–Trinajstić information content (AvgIpc) is 3.20. The molecule has 2 heterocycles. The van der Waals surface area contributed by atoms with Crippen LogP contribution in [0.4, 0.5) is 10.1 Å². The number of hydrogen-bond acceptors (Lipinski definition) is 4. The molecule has 28 heavy (non-hydrogen) atoms. The lowest BCUT2D eigenvalue weighted by molar-refractivity contribution is 0.0526. The van der Waals surface area contributed by atoms with E-state index in [4.69, 9.17) is 4.74 Å². The number of aryl methyl sites for hydroxylation is 1. The number of esters is 1. The highest BCUT2D eigenvalue weighted by Crippen LogP contribution is 2.42. The highest BCUT2D eigenvalue weighted by molar-refractivity contribution is 6.10. The van der Waals surface area contributed by atoms with Gasteiger partial charge in [0.2, 0.25) is 0 Å². The number of anilines is 1. The van der Waals surface area contributed by atoms with Crippen LogP contribution in [0.1, 0.15) is 50.6 Å². The molecule has 1 aliphatic rings. The molecule has 142 valence electrons. The summed E-state index contributed by atoms with van der Waals surface area (Å²) in [6.07, 6.45) is 0. The smallest absolute Gasteiger partial charge is 0.338 e. The number of aromatic nitrogens is 2. The van der Waals surface area contributed by atoms with Gasteiger partial charge in [0.05, 0.1) is 18.2 Å². The molecule has 0 saturated carbocycles. The van der Waals surface area contributed by atoms with Gasteiger partial charge in [-0.05, 0) is 55.8 Å². The summed E-state index contributed by atoms with van der Waals surface area (Å²) in [5, 5.41) is 6.98. The van der Waals surface area contributed by atoms with Crippen molar-refractivity contribution < 1.29 is 18.7 Å². The zero-order valence-corrected chi connectivity index (χ0v) is 15.4. The van der Waals surface area contributed by atoms with Crippen LogP contribution in [0.3, 0.4) is 0 Å². The van der Waals surface area contributed by atoms with E-state index >= 15 is 0 Å². The Morgan fingerprint density at radius 2 is 2.00 bits per heavy atom. The third-order valence-corrected chi connectivity index (χ3v) is 4.77. The maximum absolute atomic E-state index is 13.9. The van der Waals surface area contributed by atoms with E-state index in [0.29, 0.717) is 22.5 Å². The van der Waals surface area contributed by atoms with Gasteiger partial charge in [-0.2, -0.15) is 5.10 Å². The first-order valence-electron chi connectivity index (χ1n) is 8.92. The topological polar surface area (TPSA) is 75.3 Å². The number of carbonyl (C=O) groups is 2. The first-order chi connectivity index (χ1) is 13.5. The fraction of sp³-hybridized carbons (Fsp3) is 0.190. The van der Waals surface area contributed by atoms with E-state index < -0.39 is 12.0 Å². The lowest BCUT2D eigenvalue weighted by Crippen LogP contribution is -2.29. The third kappa shape index (κ3) is 2.85. The molecule has 7 heteroatoms. The molecule has 6 nitrogen and oxygen atoms in total. The zero-order valence-electron chi connectivity index (χ0n) is 15.4. The van der Waals surface area contributed by atoms with Gasteiger partial charge < -0.3 is 4.74 Å². The normalized spacial score (nSPS) is 15.6. The maximum Gasteiger partial charge on any atom is 0.338 e. The molecule has 1 N–H and O–H groups in total. The lowest BCUT2D eigenvalue weighted by Gasteiger charge is -2.26. The van der Waals surface area contributed by atoms with Gasteiger partial charge in [-0.15, -0.1) is 0 Å². The van der Waals surface area contributed by atoms with Gasteiger partial charge in [0.1, 0.15) is 5.82 Å². The predicted molar refractivity (Wildman–Crippen MR) is 101 cm³/mol. The van der Waals surface area contributed by atoms with Gasteiger partial charge in [-0.3, -0.25) is 14.8 Å². The number of nitrogens with zero attached hydrogens (tertiary/aromatic N) is 2. The Kier molecular flexibility index (Phi) is 4.43. The number of rotatable bonds is 4. The molecule has 0 unspecified atom stereocenters. The highest BCUT2D eigenvalue weighted by Gasteiger charge is 2.42. The Labute approximate surface area is 160 Å². The molecule has 0 aliphatic carbocycles. The highest BCUT2D eigenvalue weighted by atomic mass is 19.1. The van der Waals surface area contributed by atoms with Crippen molar-refractivity contribution in [3.63, 3.8) is 0 Å². The molecule has 1 atom stereocenters. The third-order valence-electron chi connectivity index (χ3n) is 4.77. The molecular weight excluding hydrogens is 361 g/mol. The second kappa shape index (κ2) is 6.92. The van der Waals surface area contributed by atoms with Crippen molar-refractivity contribution >= 4 is 17.6 Å². The molecule has 0 saturated heterocycles. The summed E-state index contributed by atoms with van der Waals surface area (Å²) in [6.45, 7) is 3.86. The molecule has 0 spiro atoms. The summed E-state index contributed by atoms with van der Waals surface area (Å²) < 4.78 is 18.9. The molecule has 0 fully saturated rings. The summed E-state index contributed by atoms with van der Waals surface area (Å²) in [4.78, 5) is 26.5. The van der Waals surface area contributed by atoms with Gasteiger partial charge in [-0.25, -0.2) is 9.18 Å². The van der Waals surface area contributed by atoms with Gasteiger partial charge in [-0.1, -0.05) is 12.1 Å². The van der Waals surface area contributed by atoms with Crippen LogP contribution in [-0.2, 0) is 4.74 Å². The van der Waals surface area contributed by atoms with E-state index in [9.17, 15) is 14.0 Å². The average molecular weight is 379 g/mol. The summed E-state index contributed by atoms with van der Waals surface area (Å²) in [5.41, 5.74) is 3.43. The fourth-order valence-electron chi connectivity index (χ4n) is 3.53. The summed E-state index contributed by atoms with van der Waals surface area (Å²) in [5.74, 6) is -1.08. The van der Waals surface area contributed by atoms with Crippen molar-refractivity contribution in [3.05, 3.63) is 82.4 Å². The molecule has 1 amide bonds. The number of benzene rings is 2. The number of carbonyl (C=O) groups excluding carboxylic acids is 2. The molecular formula is C21H18FN3O3. The van der Waals surface area contributed by atoms with Gasteiger partial charge in [0.15, 0.2) is 5.69 Å². The minimum atomic E-state index is -0.509. The Balaban J connectivity index is 1.79. The van der Waals surface area contributed by atoms with Crippen molar-refractivity contribution in [2.24, 2.45) is 0 Å². The van der Waals surface area contributed by atoms with E-state index in [-0.39, 0.29) is 18.3 Å². The van der Waals surface area contributed by atoms with Crippen molar-refractivity contribution in [1.82, 2.24) is 10.2 Å². The number of halogens is 1. The lowest BCUT2D eigenvalue weighted by atomic mass is 9.98. The second-order valence-electron chi connectivity index (χ2n) is 6.51. The van der Waals surface area contributed by atoms with Crippen LogP contribution in [0, 0.1) is 12.7 Å². The predicted octanol–water partition coefficient (Wildman–Crippen LogP) is 3.78. The Bertz CT molecular complexity index is 1060. The van der Waals surface area contributed by atoms with Crippen LogP contribution in [0.2, 0.25) is 0 Å². The largest absolute Gasteiger partial charge is 0.462 e. The Hall–Kier alpha value is -3.48. The number of amides is 1. The molecule has 4 rings (SSSR count). The summed E-state index contributed by atoms with van der Waals surface area (Å²) in [6, 6.07) is 12.2. The standard InChI is InChI=1S/C21H18FN3O3/c1-3-28-21(27)13-7-9-16(10-8-13)25-19(14-5-4-6-15(22)11-14)17-12(2)23-24-18(17)20(25)26/h4-11,19H,3H2,1-2H3,(H,23,24)/t19-/m1/s1. The van der Waals surface area contributed by atoms with Crippen LogP contribution >= 0.6 is 0 Å². The van der Waals surface area contributed by atoms with Crippen LogP contribution < -0.4 is 4.90 Å². The number of hydrogen-bond donors (Lipinski definition) is 1. The molecule has 1 aromatic heterocycles. The fourth-order valence-corrected chi connectivity index (χ4v) is 3.53. The summed E-state index contributed by atoms with van der Waals surface area (Å²) >= 11 is 0. The van der Waals surface area contributed by atoms with Crippen LogP contribution in [0.5, 0.6) is 0 Å². The first kappa shape index (κ1) is 17.9. The number of ether oxygens (including phenoxy) is 1. The molecule has 0 radical (unpaired) electrons. The monoisotopic (exact) mass is 379 g/mol. The van der Waals surface area contributed by atoms with Gasteiger partial charge in [0, 0.05) is 16.9 Å². The number of fused-ring (bicyclic) bond motifs is 1.